The summed E-state index contributed by atoms with van der Waals surface area (Å²) in [6.07, 6.45) is 2.49. The molecule has 72 valence electrons. The Morgan fingerprint density at radius 2 is 2.21 bits per heavy atom. The Morgan fingerprint density at radius 3 is 2.93 bits per heavy atom. The van der Waals surface area contributed by atoms with Gasteiger partial charge in [0.2, 0.25) is 0 Å². The van der Waals surface area contributed by atoms with Gasteiger partial charge in [0.1, 0.15) is 5.75 Å². The summed E-state index contributed by atoms with van der Waals surface area (Å²) in [7, 11) is 0. The van der Waals surface area contributed by atoms with Crippen molar-refractivity contribution in [3.63, 3.8) is 0 Å². The molecule has 2 aromatic heterocycles. The Kier molecular flexibility index (Phi) is 2.08. The smallest absolute Gasteiger partial charge is 0.142 e. The van der Waals surface area contributed by atoms with Crippen LogP contribution in [-0.2, 0) is 6.42 Å². The first-order valence-corrected chi connectivity index (χ1v) is 4.67. The maximum Gasteiger partial charge on any atom is 0.142 e. The summed E-state index contributed by atoms with van der Waals surface area (Å²) in [4.78, 5) is 8.50. The predicted octanol–water partition coefficient (Wildman–Crippen LogP) is 2.21. The summed E-state index contributed by atoms with van der Waals surface area (Å²) in [5.74, 6) is 0.277. The third-order valence-corrected chi connectivity index (χ3v) is 2.34. The number of nitrogens with zero attached hydrogens (tertiary/aromatic N) is 2. The van der Waals surface area contributed by atoms with Crippen molar-refractivity contribution < 1.29 is 5.11 Å². The average Bonchev–Trinajstić information content (AvgIpc) is 2.20. The van der Waals surface area contributed by atoms with Crippen LogP contribution in [0, 0.1) is 6.92 Å². The van der Waals surface area contributed by atoms with Crippen molar-refractivity contribution >= 4 is 11.0 Å². The zero-order chi connectivity index (χ0) is 10.1. The maximum atomic E-state index is 9.79. The van der Waals surface area contributed by atoms with Gasteiger partial charge in [-0.15, -0.1) is 0 Å². The highest BCUT2D eigenvalue weighted by Gasteiger charge is 2.10. The largest absolute Gasteiger partial charge is 0.506 e. The molecule has 0 fully saturated rings. The second-order valence-corrected chi connectivity index (χ2v) is 3.25. The van der Waals surface area contributed by atoms with E-state index in [1.165, 1.54) is 0 Å². The van der Waals surface area contributed by atoms with Crippen molar-refractivity contribution in [2.24, 2.45) is 0 Å². The molecule has 2 heterocycles. The molecule has 2 rings (SSSR count). The molecule has 0 amide bonds. The molecule has 2 aromatic rings. The van der Waals surface area contributed by atoms with Crippen LogP contribution in [0.1, 0.15) is 18.2 Å². The van der Waals surface area contributed by atoms with Crippen molar-refractivity contribution in [1.82, 2.24) is 9.97 Å². The molecule has 0 saturated heterocycles. The molecule has 1 N–H and O–H groups in total. The van der Waals surface area contributed by atoms with E-state index in [0.717, 1.165) is 23.0 Å². The molecule has 3 heteroatoms. The normalized spacial score (nSPS) is 10.7. The summed E-state index contributed by atoms with van der Waals surface area (Å²) < 4.78 is 0. The highest BCUT2D eigenvalue weighted by Crippen LogP contribution is 2.26. The van der Waals surface area contributed by atoms with Crippen LogP contribution in [0.15, 0.2) is 18.3 Å². The molecule has 0 aliphatic carbocycles. The molecule has 0 saturated carbocycles. The van der Waals surface area contributed by atoms with Crippen molar-refractivity contribution in [2.75, 3.05) is 0 Å². The van der Waals surface area contributed by atoms with Gasteiger partial charge in [-0.05, 0) is 25.5 Å². The van der Waals surface area contributed by atoms with Crippen LogP contribution in [0.4, 0.5) is 0 Å². The van der Waals surface area contributed by atoms with Crippen LogP contribution >= 0.6 is 0 Å². The second-order valence-electron chi connectivity index (χ2n) is 3.25. The van der Waals surface area contributed by atoms with E-state index in [1.807, 2.05) is 19.1 Å². The minimum absolute atomic E-state index is 0.277. The molecule has 0 unspecified atom stereocenters. The van der Waals surface area contributed by atoms with Crippen LogP contribution < -0.4 is 0 Å². The van der Waals surface area contributed by atoms with Gasteiger partial charge in [-0.2, -0.15) is 0 Å². The Balaban J connectivity index is 2.89. The highest BCUT2D eigenvalue weighted by atomic mass is 16.3. The molecule has 0 aliphatic rings. The molecule has 14 heavy (non-hydrogen) atoms. The fraction of sp³-hybridized carbons (Fsp3) is 0.273. The zero-order valence-corrected chi connectivity index (χ0v) is 8.28. The molecule has 0 bridgehead atoms. The third-order valence-electron chi connectivity index (χ3n) is 2.34. The SMILES string of the molecule is CCc1c(O)c(C)nc2cccnc12. The number of aromatic hydroxyl groups is 1. The molecule has 0 atom stereocenters. The van der Waals surface area contributed by atoms with Crippen LogP contribution in [0.2, 0.25) is 0 Å². The van der Waals surface area contributed by atoms with Gasteiger partial charge in [-0.3, -0.25) is 4.98 Å². The van der Waals surface area contributed by atoms with Gasteiger partial charge >= 0.3 is 0 Å². The van der Waals surface area contributed by atoms with Gasteiger partial charge in [0.15, 0.2) is 0 Å². The Hall–Kier alpha value is -1.64. The van der Waals surface area contributed by atoms with Gasteiger partial charge in [0.25, 0.3) is 0 Å². The molecule has 0 aromatic carbocycles. The number of aromatic nitrogens is 2. The minimum Gasteiger partial charge on any atom is -0.506 e. The lowest BCUT2D eigenvalue weighted by molar-refractivity contribution is 0.462. The number of pyridine rings is 2. The standard InChI is InChI=1S/C11H12N2O/c1-3-8-10-9(5-4-6-12-10)13-7(2)11(8)14/h4-6,14H,3H2,1-2H3. The molecule has 0 aliphatic heterocycles. The number of fused-ring (bicyclic) bond motifs is 1. The minimum atomic E-state index is 0.277. The topological polar surface area (TPSA) is 46.0 Å². The van der Waals surface area contributed by atoms with Crippen LogP contribution in [0.5, 0.6) is 5.75 Å². The van der Waals surface area contributed by atoms with Gasteiger partial charge in [-0.25, -0.2) is 4.98 Å². The van der Waals surface area contributed by atoms with E-state index in [4.69, 9.17) is 0 Å². The monoisotopic (exact) mass is 188 g/mol. The molecular formula is C11H12N2O. The van der Waals surface area contributed by atoms with E-state index in [2.05, 4.69) is 9.97 Å². The molecule has 3 nitrogen and oxygen atoms in total. The summed E-state index contributed by atoms with van der Waals surface area (Å²) in [6, 6.07) is 3.76. The van der Waals surface area contributed by atoms with E-state index in [9.17, 15) is 5.11 Å². The maximum absolute atomic E-state index is 9.79. The first-order valence-electron chi connectivity index (χ1n) is 4.67. The summed E-state index contributed by atoms with van der Waals surface area (Å²) in [5.41, 5.74) is 3.20. The van der Waals surface area contributed by atoms with Gasteiger partial charge < -0.3 is 5.11 Å². The molecule has 0 spiro atoms. The number of rotatable bonds is 1. The van der Waals surface area contributed by atoms with E-state index < -0.39 is 0 Å². The summed E-state index contributed by atoms with van der Waals surface area (Å²) in [6.45, 7) is 3.81. The number of hydrogen-bond acceptors (Lipinski definition) is 3. The van der Waals surface area contributed by atoms with E-state index in [1.54, 1.807) is 13.1 Å². The molecular weight excluding hydrogens is 176 g/mol. The Morgan fingerprint density at radius 1 is 1.43 bits per heavy atom. The Bertz CT molecular complexity index is 480. The van der Waals surface area contributed by atoms with Gasteiger partial charge in [0.05, 0.1) is 16.7 Å². The van der Waals surface area contributed by atoms with E-state index in [0.29, 0.717) is 5.69 Å². The second kappa shape index (κ2) is 3.25. The fourth-order valence-corrected chi connectivity index (χ4v) is 1.62. The lowest BCUT2D eigenvalue weighted by Crippen LogP contribution is -1.94. The van der Waals surface area contributed by atoms with E-state index in [-0.39, 0.29) is 5.75 Å². The highest BCUT2D eigenvalue weighted by molar-refractivity contribution is 5.80. The molecule has 0 radical (unpaired) electrons. The number of aryl methyl sites for hydroxylation is 2. The summed E-state index contributed by atoms with van der Waals surface area (Å²) >= 11 is 0. The van der Waals surface area contributed by atoms with Crippen LogP contribution in [0.3, 0.4) is 0 Å². The van der Waals surface area contributed by atoms with Crippen molar-refractivity contribution in [3.8, 4) is 5.75 Å². The van der Waals surface area contributed by atoms with Crippen molar-refractivity contribution in [2.45, 2.75) is 20.3 Å². The lowest BCUT2D eigenvalue weighted by Gasteiger charge is -2.07. The fourth-order valence-electron chi connectivity index (χ4n) is 1.62. The van der Waals surface area contributed by atoms with Crippen LogP contribution in [0.25, 0.3) is 11.0 Å². The first kappa shape index (κ1) is 8.94. The quantitative estimate of drug-likeness (QED) is 0.746. The van der Waals surface area contributed by atoms with Crippen molar-refractivity contribution in [1.29, 1.82) is 0 Å². The average molecular weight is 188 g/mol. The predicted molar refractivity (Wildman–Crippen MR) is 55.3 cm³/mol. The van der Waals surface area contributed by atoms with Gasteiger partial charge in [-0.1, -0.05) is 6.92 Å². The zero-order valence-electron chi connectivity index (χ0n) is 8.28. The Labute approximate surface area is 82.4 Å². The van der Waals surface area contributed by atoms with Crippen molar-refractivity contribution in [3.05, 3.63) is 29.6 Å². The third kappa shape index (κ3) is 1.21. The van der Waals surface area contributed by atoms with Crippen LogP contribution in [-0.4, -0.2) is 15.1 Å². The first-order chi connectivity index (χ1) is 6.74. The summed E-state index contributed by atoms with van der Waals surface area (Å²) in [5, 5.41) is 9.79. The van der Waals surface area contributed by atoms with E-state index >= 15 is 0 Å². The number of hydrogen-bond donors (Lipinski definition) is 1. The lowest BCUT2D eigenvalue weighted by atomic mass is 10.1. The van der Waals surface area contributed by atoms with Gasteiger partial charge in [0, 0.05) is 11.8 Å².